The van der Waals surface area contributed by atoms with Crippen molar-refractivity contribution in [2.45, 2.75) is 18.6 Å². The van der Waals surface area contributed by atoms with Crippen LogP contribution in [0.15, 0.2) is 52.7 Å². The Hall–Kier alpha value is -2.16. The molecule has 0 aliphatic heterocycles. The topological polar surface area (TPSA) is 171 Å². The fourth-order valence-electron chi connectivity index (χ4n) is 2.59. The summed E-state index contributed by atoms with van der Waals surface area (Å²) in [5.41, 5.74) is -0.202. The Bertz CT molecular complexity index is 790. The molecule has 2 atom stereocenters. The van der Waals surface area contributed by atoms with Gasteiger partial charge in [-0.2, -0.15) is 4.76 Å². The summed E-state index contributed by atoms with van der Waals surface area (Å²) >= 11 is 0. The number of aromatic hydroxyl groups is 1. The third-order valence-corrected chi connectivity index (χ3v) is 4.38. The van der Waals surface area contributed by atoms with Crippen LogP contribution in [0.2, 0.25) is 0 Å². The van der Waals surface area contributed by atoms with Crippen LogP contribution in [0.25, 0.3) is 0 Å². The van der Waals surface area contributed by atoms with E-state index in [0.717, 1.165) is 12.2 Å². The fraction of sp³-hybridized carbons (Fsp3) is 0.267. The number of nitrogens with zero attached hydrogens (tertiary/aromatic N) is 1. The Morgan fingerprint density at radius 3 is 2.16 bits per heavy atom. The third kappa shape index (κ3) is 4.28. The molecule has 25 heavy (non-hydrogen) atoms. The summed E-state index contributed by atoms with van der Waals surface area (Å²) in [7, 11) is -4.96. The smallest absolute Gasteiger partial charge is 0.448 e. The normalized spacial score (nSPS) is 21.6. The first kappa shape index (κ1) is 19.2. The fourth-order valence-corrected chi connectivity index (χ4v) is 3.07. The molecule has 2 unspecified atom stereocenters. The quantitative estimate of drug-likeness (QED) is 0.306. The van der Waals surface area contributed by atoms with E-state index in [1.54, 1.807) is 0 Å². The van der Waals surface area contributed by atoms with Gasteiger partial charge in [-0.15, -0.1) is 0 Å². The summed E-state index contributed by atoms with van der Waals surface area (Å²) in [6.45, 7) is 1.41. The summed E-state index contributed by atoms with van der Waals surface area (Å²) in [4.78, 5) is 18.1. The van der Waals surface area contributed by atoms with Crippen LogP contribution in [0.4, 0.5) is 0 Å². The molecular weight excluding hydrogens is 353 g/mol. The molecule has 1 aromatic rings. The molecule has 2 rings (SSSR count). The van der Waals surface area contributed by atoms with Gasteiger partial charge in [-0.1, -0.05) is 19.1 Å². The van der Waals surface area contributed by atoms with Gasteiger partial charge in [0.05, 0.1) is 5.71 Å². The Labute approximate surface area is 142 Å². The first-order valence-corrected chi connectivity index (χ1v) is 8.69. The molecule has 0 saturated heterocycles. The van der Waals surface area contributed by atoms with Gasteiger partial charge in [0.2, 0.25) is 0 Å². The Kier molecular flexibility index (Phi) is 5.08. The zero-order valence-corrected chi connectivity index (χ0v) is 13.9. The van der Waals surface area contributed by atoms with Gasteiger partial charge in [0.1, 0.15) is 23.2 Å². The highest BCUT2D eigenvalue weighted by Gasteiger charge is 2.47. The summed E-state index contributed by atoms with van der Waals surface area (Å²) in [5.74, 6) is -6.77. The molecule has 1 aliphatic rings. The Balaban J connectivity index is 2.50. The van der Waals surface area contributed by atoms with Crippen molar-refractivity contribution in [2.24, 2.45) is 10.7 Å². The lowest BCUT2D eigenvalue weighted by Crippen LogP contribution is -2.48. The van der Waals surface area contributed by atoms with E-state index in [2.05, 4.69) is 4.76 Å². The highest BCUT2D eigenvalue weighted by molar-refractivity contribution is 7.50. The second-order valence-electron chi connectivity index (χ2n) is 5.71. The predicted octanol–water partition coefficient (Wildman–Crippen LogP) is 1.22. The molecule has 0 amide bonds. The molecule has 0 fully saturated rings. The minimum absolute atomic E-state index is 0.0329. The average molecular weight is 371 g/mol. The zero-order valence-electron chi connectivity index (χ0n) is 13.1. The van der Waals surface area contributed by atoms with Crippen molar-refractivity contribution in [3.05, 3.63) is 53.5 Å². The highest BCUT2D eigenvalue weighted by Crippen LogP contribution is 2.43. The Morgan fingerprint density at radius 2 is 1.64 bits per heavy atom. The molecule has 0 saturated carbocycles. The molecular formula is C15H18NO8P. The SMILES string of the molecule is CC(c1ccc(O)cc1)C(O)(O)C1C(O)=CC(O)=CC1=NP(=O)(O)O. The van der Waals surface area contributed by atoms with Crippen molar-refractivity contribution in [3.8, 4) is 5.75 Å². The first-order valence-electron chi connectivity index (χ1n) is 7.12. The van der Waals surface area contributed by atoms with Crippen LogP contribution in [-0.4, -0.2) is 46.8 Å². The monoisotopic (exact) mass is 371 g/mol. The van der Waals surface area contributed by atoms with Gasteiger partial charge in [-0.25, -0.2) is 4.57 Å². The minimum atomic E-state index is -4.96. The molecule has 0 bridgehead atoms. The molecule has 0 aromatic heterocycles. The van der Waals surface area contributed by atoms with E-state index >= 15 is 0 Å². The lowest BCUT2D eigenvalue weighted by Gasteiger charge is -2.37. The van der Waals surface area contributed by atoms with E-state index < -0.39 is 42.6 Å². The first-order chi connectivity index (χ1) is 11.4. The average Bonchev–Trinajstić information content (AvgIpc) is 2.44. The molecule has 9 nitrogen and oxygen atoms in total. The van der Waals surface area contributed by atoms with E-state index in [4.69, 9.17) is 9.79 Å². The molecule has 136 valence electrons. The van der Waals surface area contributed by atoms with Crippen molar-refractivity contribution in [1.82, 2.24) is 0 Å². The van der Waals surface area contributed by atoms with Gasteiger partial charge in [0, 0.05) is 18.1 Å². The summed E-state index contributed by atoms with van der Waals surface area (Å²) in [6, 6.07) is 5.51. The number of aliphatic hydroxyl groups is 4. The van der Waals surface area contributed by atoms with E-state index in [1.165, 1.54) is 31.2 Å². The largest absolute Gasteiger partial charge is 0.511 e. The number of phenols is 1. The number of aliphatic hydroxyl groups excluding tert-OH is 2. The maximum Gasteiger partial charge on any atom is 0.448 e. The second kappa shape index (κ2) is 6.62. The molecule has 0 heterocycles. The van der Waals surface area contributed by atoms with Crippen molar-refractivity contribution >= 4 is 13.5 Å². The van der Waals surface area contributed by atoms with Crippen molar-refractivity contribution < 1.29 is 39.9 Å². The standard InChI is InChI=1S/C15H18NO8P/c1-8(9-2-4-10(17)5-3-9)15(20,21)14-12(16-25(22,23)24)6-11(18)7-13(14)19/h2-8,14,17-21H,1H3,(H2,22,23,24). The van der Waals surface area contributed by atoms with E-state index in [0.29, 0.717) is 5.56 Å². The summed E-state index contributed by atoms with van der Waals surface area (Å²) < 4.78 is 14.3. The van der Waals surface area contributed by atoms with E-state index in [9.17, 15) is 30.1 Å². The summed E-state index contributed by atoms with van der Waals surface area (Å²) in [6.07, 6.45) is 1.66. The van der Waals surface area contributed by atoms with Crippen LogP contribution in [0.3, 0.4) is 0 Å². The zero-order chi connectivity index (χ0) is 19.0. The van der Waals surface area contributed by atoms with Crippen LogP contribution in [0, 0.1) is 5.92 Å². The minimum Gasteiger partial charge on any atom is -0.511 e. The van der Waals surface area contributed by atoms with Gasteiger partial charge in [-0.3, -0.25) is 0 Å². The van der Waals surface area contributed by atoms with Gasteiger partial charge in [0.15, 0.2) is 5.79 Å². The summed E-state index contributed by atoms with van der Waals surface area (Å²) in [5, 5.41) is 50.1. The molecule has 1 aliphatic carbocycles. The lowest BCUT2D eigenvalue weighted by atomic mass is 9.78. The predicted molar refractivity (Wildman–Crippen MR) is 88.1 cm³/mol. The van der Waals surface area contributed by atoms with Crippen LogP contribution in [0.1, 0.15) is 18.4 Å². The maximum atomic E-state index is 11.2. The molecule has 0 spiro atoms. The van der Waals surface area contributed by atoms with Gasteiger partial charge in [0.25, 0.3) is 0 Å². The number of hydrogen-bond acceptors (Lipinski definition) is 6. The molecule has 7 N–H and O–H groups in total. The van der Waals surface area contributed by atoms with Crippen molar-refractivity contribution in [2.75, 3.05) is 0 Å². The van der Waals surface area contributed by atoms with Crippen LogP contribution < -0.4 is 0 Å². The van der Waals surface area contributed by atoms with Crippen LogP contribution >= 0.6 is 7.75 Å². The van der Waals surface area contributed by atoms with Crippen LogP contribution in [0.5, 0.6) is 5.75 Å². The lowest BCUT2D eigenvalue weighted by molar-refractivity contribution is -0.195. The van der Waals surface area contributed by atoms with Gasteiger partial charge < -0.3 is 35.3 Å². The number of allylic oxidation sites excluding steroid dienone is 2. The van der Waals surface area contributed by atoms with E-state index in [1.807, 2.05) is 0 Å². The van der Waals surface area contributed by atoms with Crippen molar-refractivity contribution in [1.29, 1.82) is 0 Å². The second-order valence-corrected chi connectivity index (χ2v) is 6.93. The highest BCUT2D eigenvalue weighted by atomic mass is 31.2. The van der Waals surface area contributed by atoms with Gasteiger partial charge in [-0.05, 0) is 17.7 Å². The molecule has 1 aromatic carbocycles. The number of hydrogen-bond donors (Lipinski definition) is 7. The third-order valence-electron chi connectivity index (χ3n) is 3.88. The number of rotatable bonds is 4. The van der Waals surface area contributed by atoms with Crippen LogP contribution in [-0.2, 0) is 4.57 Å². The van der Waals surface area contributed by atoms with Gasteiger partial charge >= 0.3 is 7.75 Å². The maximum absolute atomic E-state index is 11.2. The molecule has 0 radical (unpaired) electrons. The Morgan fingerprint density at radius 1 is 1.08 bits per heavy atom. The number of benzene rings is 1. The van der Waals surface area contributed by atoms with Crippen molar-refractivity contribution in [3.63, 3.8) is 0 Å². The van der Waals surface area contributed by atoms with E-state index in [-0.39, 0.29) is 5.75 Å². The molecule has 10 heteroatoms. The number of phenolic OH excluding ortho intramolecular Hbond substituents is 1.